The van der Waals surface area contributed by atoms with Crippen LogP contribution in [0, 0.1) is 16.7 Å². The standard InChI is InChI=1S/C20H36O4/c1-4-6-7-8-9-10-13-19(17(21)22)14-11-12-15-20(19,18(23)24)16(3)5-2/h16H,4-15H2,1-3H3,(H,21,22)(H,23,24). The highest BCUT2D eigenvalue weighted by Gasteiger charge is 2.63. The fraction of sp³-hybridized carbons (Fsp3) is 0.900. The zero-order valence-electron chi connectivity index (χ0n) is 15.8. The lowest BCUT2D eigenvalue weighted by molar-refractivity contribution is -0.188. The van der Waals surface area contributed by atoms with Gasteiger partial charge in [-0.3, -0.25) is 9.59 Å². The van der Waals surface area contributed by atoms with Crippen molar-refractivity contribution in [2.75, 3.05) is 0 Å². The molecule has 0 spiro atoms. The normalized spacial score (nSPS) is 28.5. The van der Waals surface area contributed by atoms with Crippen LogP contribution in [0.15, 0.2) is 0 Å². The van der Waals surface area contributed by atoms with Gasteiger partial charge in [-0.15, -0.1) is 0 Å². The minimum absolute atomic E-state index is 0.119. The van der Waals surface area contributed by atoms with Crippen LogP contribution in [0.5, 0.6) is 0 Å². The summed E-state index contributed by atoms with van der Waals surface area (Å²) in [5.41, 5.74) is -2.22. The van der Waals surface area contributed by atoms with Gasteiger partial charge in [0.05, 0.1) is 10.8 Å². The Balaban J connectivity index is 3.00. The molecule has 3 unspecified atom stereocenters. The molecule has 1 aliphatic carbocycles. The van der Waals surface area contributed by atoms with E-state index in [0.717, 1.165) is 32.1 Å². The van der Waals surface area contributed by atoms with Crippen molar-refractivity contribution in [2.24, 2.45) is 16.7 Å². The zero-order chi connectivity index (χ0) is 18.2. The molecule has 0 radical (unpaired) electrons. The van der Waals surface area contributed by atoms with Crippen molar-refractivity contribution < 1.29 is 19.8 Å². The van der Waals surface area contributed by atoms with Crippen molar-refractivity contribution >= 4 is 11.9 Å². The largest absolute Gasteiger partial charge is 0.481 e. The fourth-order valence-corrected chi connectivity index (χ4v) is 4.84. The van der Waals surface area contributed by atoms with Crippen molar-refractivity contribution in [2.45, 2.75) is 97.8 Å². The average Bonchev–Trinajstić information content (AvgIpc) is 2.57. The van der Waals surface area contributed by atoms with Crippen molar-refractivity contribution in [3.63, 3.8) is 0 Å². The van der Waals surface area contributed by atoms with Crippen LogP contribution in [-0.2, 0) is 9.59 Å². The lowest BCUT2D eigenvalue weighted by atomic mass is 9.49. The summed E-state index contributed by atoms with van der Waals surface area (Å²) in [6, 6.07) is 0. The third-order valence-corrected chi connectivity index (χ3v) is 6.48. The van der Waals surface area contributed by atoms with E-state index in [2.05, 4.69) is 6.92 Å². The third kappa shape index (κ3) is 3.94. The SMILES string of the molecule is CCCCCCCCC1(C(=O)O)CCCCC1(C(=O)O)C(C)CC. The van der Waals surface area contributed by atoms with E-state index in [-0.39, 0.29) is 5.92 Å². The molecule has 1 saturated carbocycles. The second-order valence-corrected chi connectivity index (χ2v) is 7.70. The highest BCUT2D eigenvalue weighted by atomic mass is 16.4. The van der Waals surface area contributed by atoms with Crippen LogP contribution in [0.25, 0.3) is 0 Å². The summed E-state index contributed by atoms with van der Waals surface area (Å²) >= 11 is 0. The summed E-state index contributed by atoms with van der Waals surface area (Å²) < 4.78 is 0. The maximum Gasteiger partial charge on any atom is 0.311 e. The minimum atomic E-state index is -1.12. The van der Waals surface area contributed by atoms with Crippen LogP contribution in [0.1, 0.15) is 97.8 Å². The van der Waals surface area contributed by atoms with Gasteiger partial charge in [0.1, 0.15) is 0 Å². The number of unbranched alkanes of at least 4 members (excludes halogenated alkanes) is 5. The van der Waals surface area contributed by atoms with E-state index >= 15 is 0 Å². The molecule has 0 heterocycles. The van der Waals surface area contributed by atoms with E-state index in [0.29, 0.717) is 25.7 Å². The van der Waals surface area contributed by atoms with E-state index in [4.69, 9.17) is 0 Å². The van der Waals surface area contributed by atoms with Crippen molar-refractivity contribution in [1.82, 2.24) is 0 Å². The topological polar surface area (TPSA) is 74.6 Å². The number of carbonyl (C=O) groups is 2. The van der Waals surface area contributed by atoms with Gasteiger partial charge in [-0.1, -0.05) is 78.6 Å². The minimum Gasteiger partial charge on any atom is -0.481 e. The Kier molecular flexibility index (Phi) is 8.24. The lowest BCUT2D eigenvalue weighted by Gasteiger charge is -2.51. The molecule has 1 rings (SSSR count). The number of hydrogen-bond donors (Lipinski definition) is 2. The van der Waals surface area contributed by atoms with Crippen LogP contribution in [0.4, 0.5) is 0 Å². The van der Waals surface area contributed by atoms with Gasteiger partial charge in [0.2, 0.25) is 0 Å². The van der Waals surface area contributed by atoms with Crippen LogP contribution in [0.3, 0.4) is 0 Å². The molecule has 0 aromatic carbocycles. The molecular weight excluding hydrogens is 304 g/mol. The second kappa shape index (κ2) is 9.43. The molecule has 0 aliphatic heterocycles. The van der Waals surface area contributed by atoms with Gasteiger partial charge in [0.25, 0.3) is 0 Å². The highest BCUT2D eigenvalue weighted by molar-refractivity contribution is 5.87. The Morgan fingerprint density at radius 2 is 1.50 bits per heavy atom. The van der Waals surface area contributed by atoms with Gasteiger partial charge in [0.15, 0.2) is 0 Å². The van der Waals surface area contributed by atoms with Crippen molar-refractivity contribution in [3.8, 4) is 0 Å². The molecule has 24 heavy (non-hydrogen) atoms. The molecule has 0 aromatic heterocycles. The van der Waals surface area contributed by atoms with E-state index in [9.17, 15) is 19.8 Å². The second-order valence-electron chi connectivity index (χ2n) is 7.70. The fourth-order valence-electron chi connectivity index (χ4n) is 4.84. The van der Waals surface area contributed by atoms with E-state index < -0.39 is 22.8 Å². The Morgan fingerprint density at radius 3 is 2.04 bits per heavy atom. The number of hydrogen-bond acceptors (Lipinski definition) is 2. The lowest BCUT2D eigenvalue weighted by Crippen LogP contribution is -2.57. The summed E-state index contributed by atoms with van der Waals surface area (Å²) in [5, 5.41) is 20.2. The van der Waals surface area contributed by atoms with E-state index in [1.165, 1.54) is 19.3 Å². The summed E-state index contributed by atoms with van der Waals surface area (Å²) in [7, 11) is 0. The first-order chi connectivity index (χ1) is 11.4. The van der Waals surface area contributed by atoms with Crippen LogP contribution >= 0.6 is 0 Å². The highest BCUT2D eigenvalue weighted by Crippen LogP contribution is 2.58. The molecule has 0 bridgehead atoms. The van der Waals surface area contributed by atoms with E-state index in [1.807, 2.05) is 13.8 Å². The van der Waals surface area contributed by atoms with Crippen molar-refractivity contribution in [1.29, 1.82) is 0 Å². The molecule has 0 saturated heterocycles. The summed E-state index contributed by atoms with van der Waals surface area (Å²) in [4.78, 5) is 24.6. The van der Waals surface area contributed by atoms with Gasteiger partial charge in [0, 0.05) is 0 Å². The zero-order valence-corrected chi connectivity index (χ0v) is 15.8. The molecule has 140 valence electrons. The molecule has 0 amide bonds. The first-order valence-corrected chi connectivity index (χ1v) is 9.85. The predicted octanol–water partition coefficient (Wildman–Crippen LogP) is 5.50. The molecule has 3 atom stereocenters. The Morgan fingerprint density at radius 1 is 0.917 bits per heavy atom. The predicted molar refractivity (Wildman–Crippen MR) is 96.1 cm³/mol. The third-order valence-electron chi connectivity index (χ3n) is 6.48. The molecule has 2 N–H and O–H groups in total. The molecule has 1 fully saturated rings. The maximum absolute atomic E-state index is 12.3. The number of carboxylic acid groups (broad SMARTS) is 2. The average molecular weight is 341 g/mol. The summed E-state index contributed by atoms with van der Waals surface area (Å²) in [6.45, 7) is 6.08. The molecule has 0 aromatic rings. The van der Waals surface area contributed by atoms with E-state index in [1.54, 1.807) is 0 Å². The van der Waals surface area contributed by atoms with Crippen LogP contribution < -0.4 is 0 Å². The van der Waals surface area contributed by atoms with Gasteiger partial charge in [-0.25, -0.2) is 0 Å². The number of carboxylic acids is 2. The Bertz CT molecular complexity index is 420. The van der Waals surface area contributed by atoms with Gasteiger partial charge in [-0.2, -0.15) is 0 Å². The Hall–Kier alpha value is -1.06. The first-order valence-electron chi connectivity index (χ1n) is 9.85. The molecular formula is C20H36O4. The number of aliphatic carboxylic acids is 2. The van der Waals surface area contributed by atoms with Crippen molar-refractivity contribution in [3.05, 3.63) is 0 Å². The quantitative estimate of drug-likeness (QED) is 0.487. The smallest absolute Gasteiger partial charge is 0.311 e. The van der Waals surface area contributed by atoms with Gasteiger partial charge >= 0.3 is 11.9 Å². The Labute approximate surface area is 147 Å². The molecule has 4 nitrogen and oxygen atoms in total. The maximum atomic E-state index is 12.3. The van der Waals surface area contributed by atoms with Crippen LogP contribution in [-0.4, -0.2) is 22.2 Å². The van der Waals surface area contributed by atoms with Gasteiger partial charge < -0.3 is 10.2 Å². The molecule has 4 heteroatoms. The first kappa shape index (κ1) is 21.0. The summed E-state index contributed by atoms with van der Waals surface area (Å²) in [5.74, 6) is -1.91. The van der Waals surface area contributed by atoms with Gasteiger partial charge in [-0.05, 0) is 25.2 Å². The molecule has 1 aliphatic rings. The van der Waals surface area contributed by atoms with Crippen LogP contribution in [0.2, 0.25) is 0 Å². The number of rotatable bonds is 11. The monoisotopic (exact) mass is 340 g/mol. The summed E-state index contributed by atoms with van der Waals surface area (Å²) in [6.07, 6.45) is 10.4.